The minimum absolute atomic E-state index is 0.0483. The Morgan fingerprint density at radius 3 is 2.67 bits per heavy atom. The van der Waals surface area contributed by atoms with E-state index in [1.54, 1.807) is 37.1 Å². The number of rotatable bonds is 7. The largest absolute Gasteiger partial charge is 0.352 e. The maximum atomic E-state index is 14.6. The van der Waals surface area contributed by atoms with Crippen molar-refractivity contribution in [2.24, 2.45) is 5.73 Å². The molecule has 1 saturated heterocycles. The zero-order chi connectivity index (χ0) is 29.0. The average Bonchev–Trinajstić information content (AvgIpc) is 3.57. The van der Waals surface area contributed by atoms with Crippen molar-refractivity contribution in [2.45, 2.75) is 12.6 Å². The fraction of sp³-hybridized carbons (Fsp3) is 0.185. The van der Waals surface area contributed by atoms with E-state index >= 15 is 0 Å². The van der Waals surface area contributed by atoms with E-state index in [1.807, 2.05) is 6.07 Å². The first-order valence-corrected chi connectivity index (χ1v) is 14.8. The minimum atomic E-state index is -3.45. The van der Waals surface area contributed by atoms with Crippen LogP contribution in [-0.4, -0.2) is 73.9 Å². The Hall–Kier alpha value is -4.86. The first-order valence-electron chi connectivity index (χ1n) is 13.0. The van der Waals surface area contributed by atoms with Gasteiger partial charge in [0.05, 0.1) is 53.3 Å². The number of halogens is 1. The predicted molar refractivity (Wildman–Crippen MR) is 155 cm³/mol. The smallest absolute Gasteiger partial charge is 0.209 e. The second-order valence-corrected chi connectivity index (χ2v) is 12.1. The van der Waals surface area contributed by atoms with Crippen molar-refractivity contribution in [2.75, 3.05) is 24.2 Å². The summed E-state index contributed by atoms with van der Waals surface area (Å²) in [4.78, 5) is 28.1. The lowest BCUT2D eigenvalue weighted by Gasteiger charge is -2.37. The highest BCUT2D eigenvalue weighted by atomic mass is 32.2. The van der Waals surface area contributed by atoms with Gasteiger partial charge in [0.25, 0.3) is 0 Å². The molecule has 0 aliphatic carbocycles. The number of aromatic nitrogens is 8. The molecule has 0 unspecified atom stereocenters. The first kappa shape index (κ1) is 26.1. The van der Waals surface area contributed by atoms with Crippen LogP contribution in [0, 0.1) is 5.82 Å². The molecule has 0 spiro atoms. The molecule has 0 radical (unpaired) electrons. The van der Waals surface area contributed by atoms with Gasteiger partial charge in [-0.1, -0.05) is 0 Å². The van der Waals surface area contributed by atoms with E-state index in [0.29, 0.717) is 56.1 Å². The lowest BCUT2D eigenvalue weighted by molar-refractivity contribution is 0.514. The van der Waals surface area contributed by atoms with E-state index < -0.39 is 15.8 Å². The van der Waals surface area contributed by atoms with Crippen molar-refractivity contribution in [3.05, 3.63) is 66.6 Å². The molecule has 6 aromatic rings. The SMILES string of the molecule is CS(=O)(=O)NCc1cc(F)cc(-c2cncc3[nH]c(-c4n[nH]c5cnc(-c6cncc(N7CC(N)C7)n6)cc45)nc23)c1. The molecule has 13 nitrogen and oxygen atoms in total. The standard InChI is InChI=1S/C27H24FN11O2S/c1-42(40,41)33-6-14-2-15(4-16(28)3-14)19-7-30-9-23-25(19)36-27(35-23)26-18-5-20(32-10-21(18)37-38-26)22-8-31-11-24(34-22)39-12-17(29)13-39/h2-5,7-11,17,33H,6,12-13,29H2,1H3,(H,35,36)(H,37,38). The van der Waals surface area contributed by atoms with Crippen LogP contribution in [0.15, 0.2) is 55.2 Å². The average molecular weight is 586 g/mol. The molecule has 7 rings (SSSR count). The first-order chi connectivity index (χ1) is 20.2. The zero-order valence-electron chi connectivity index (χ0n) is 22.2. The monoisotopic (exact) mass is 585 g/mol. The van der Waals surface area contributed by atoms with Crippen LogP contribution in [0.25, 0.3) is 56.0 Å². The molecule has 0 amide bonds. The topological polar surface area (TPSA) is 184 Å². The maximum absolute atomic E-state index is 14.6. The number of nitrogens with zero attached hydrogens (tertiary/aromatic N) is 7. The molecule has 0 bridgehead atoms. The molecule has 15 heteroatoms. The van der Waals surface area contributed by atoms with Gasteiger partial charge >= 0.3 is 0 Å². The van der Waals surface area contributed by atoms with Gasteiger partial charge in [-0.3, -0.25) is 20.1 Å². The summed E-state index contributed by atoms with van der Waals surface area (Å²) in [6.45, 7) is 1.41. The molecule has 1 fully saturated rings. The number of benzene rings is 1. The van der Waals surface area contributed by atoms with Crippen LogP contribution >= 0.6 is 0 Å². The van der Waals surface area contributed by atoms with E-state index in [0.717, 1.165) is 30.5 Å². The number of anilines is 1. The lowest BCUT2D eigenvalue weighted by Crippen LogP contribution is -2.56. The van der Waals surface area contributed by atoms with Gasteiger partial charge in [-0.15, -0.1) is 0 Å². The highest BCUT2D eigenvalue weighted by Crippen LogP contribution is 2.33. The van der Waals surface area contributed by atoms with Crippen molar-refractivity contribution < 1.29 is 12.8 Å². The van der Waals surface area contributed by atoms with Gasteiger partial charge < -0.3 is 15.6 Å². The molecule has 1 aliphatic heterocycles. The summed E-state index contributed by atoms with van der Waals surface area (Å²) >= 11 is 0. The number of fused-ring (bicyclic) bond motifs is 2. The minimum Gasteiger partial charge on any atom is -0.352 e. The van der Waals surface area contributed by atoms with Gasteiger partial charge in [0.15, 0.2) is 5.82 Å². The van der Waals surface area contributed by atoms with Crippen molar-refractivity contribution in [1.82, 2.24) is 44.8 Å². The quantitative estimate of drug-likeness (QED) is 0.217. The molecule has 1 aromatic carbocycles. The van der Waals surface area contributed by atoms with Crippen molar-refractivity contribution in [3.8, 4) is 34.0 Å². The van der Waals surface area contributed by atoms with Gasteiger partial charge in [0.1, 0.15) is 23.0 Å². The van der Waals surface area contributed by atoms with Crippen molar-refractivity contribution in [1.29, 1.82) is 0 Å². The number of nitrogens with two attached hydrogens (primary N) is 1. The van der Waals surface area contributed by atoms with E-state index in [-0.39, 0.29) is 12.6 Å². The molecule has 5 N–H and O–H groups in total. The highest BCUT2D eigenvalue weighted by Gasteiger charge is 2.25. The predicted octanol–water partition coefficient (Wildman–Crippen LogP) is 2.36. The maximum Gasteiger partial charge on any atom is 0.209 e. The molecule has 0 saturated carbocycles. The van der Waals surface area contributed by atoms with E-state index in [9.17, 15) is 12.8 Å². The van der Waals surface area contributed by atoms with Crippen LogP contribution in [0.3, 0.4) is 0 Å². The Balaban J connectivity index is 1.26. The fourth-order valence-electron chi connectivity index (χ4n) is 4.95. The molecule has 6 heterocycles. The molecule has 5 aromatic heterocycles. The third kappa shape index (κ3) is 4.93. The number of aromatic amines is 2. The van der Waals surface area contributed by atoms with Crippen LogP contribution < -0.4 is 15.4 Å². The second kappa shape index (κ2) is 9.90. The normalized spacial score (nSPS) is 14.1. The lowest BCUT2D eigenvalue weighted by atomic mass is 10.0. The number of sulfonamides is 1. The number of imidazole rings is 1. The number of hydrogen-bond donors (Lipinski definition) is 4. The number of H-pyrrole nitrogens is 2. The summed E-state index contributed by atoms with van der Waals surface area (Å²) in [5, 5.41) is 8.26. The van der Waals surface area contributed by atoms with Crippen LogP contribution in [0.2, 0.25) is 0 Å². The molecular formula is C27H24FN11O2S. The Labute approximate surface area is 238 Å². The van der Waals surface area contributed by atoms with E-state index in [2.05, 4.69) is 39.8 Å². The van der Waals surface area contributed by atoms with Gasteiger partial charge in [0.2, 0.25) is 10.0 Å². The molecule has 212 valence electrons. The van der Waals surface area contributed by atoms with E-state index in [4.69, 9.17) is 15.7 Å². The molecular weight excluding hydrogens is 561 g/mol. The number of nitrogens with one attached hydrogen (secondary N) is 3. The number of hydrogen-bond acceptors (Lipinski definition) is 10. The molecule has 0 atom stereocenters. The number of pyridine rings is 2. The third-order valence-electron chi connectivity index (χ3n) is 6.99. The van der Waals surface area contributed by atoms with Gasteiger partial charge in [-0.2, -0.15) is 5.10 Å². The van der Waals surface area contributed by atoms with Crippen LogP contribution in [0.1, 0.15) is 5.56 Å². The summed E-state index contributed by atoms with van der Waals surface area (Å²) in [5.74, 6) is 0.717. The Kier molecular flexibility index (Phi) is 6.14. The Bertz CT molecular complexity index is 2090. The van der Waals surface area contributed by atoms with Crippen LogP contribution in [0.4, 0.5) is 10.2 Å². The summed E-state index contributed by atoms with van der Waals surface area (Å²) in [6.07, 6.45) is 9.33. The van der Waals surface area contributed by atoms with E-state index in [1.165, 1.54) is 12.1 Å². The Morgan fingerprint density at radius 2 is 1.86 bits per heavy atom. The molecule has 1 aliphatic rings. The highest BCUT2D eigenvalue weighted by molar-refractivity contribution is 7.88. The van der Waals surface area contributed by atoms with Crippen LogP contribution in [-0.2, 0) is 16.6 Å². The summed E-state index contributed by atoms with van der Waals surface area (Å²) in [7, 11) is -3.45. The second-order valence-electron chi connectivity index (χ2n) is 10.2. The summed E-state index contributed by atoms with van der Waals surface area (Å²) in [6, 6.07) is 6.36. The van der Waals surface area contributed by atoms with Crippen molar-refractivity contribution >= 4 is 37.8 Å². The van der Waals surface area contributed by atoms with Gasteiger partial charge in [-0.25, -0.2) is 27.5 Å². The third-order valence-corrected chi connectivity index (χ3v) is 7.66. The Morgan fingerprint density at radius 1 is 1.02 bits per heavy atom. The van der Waals surface area contributed by atoms with Gasteiger partial charge in [0, 0.05) is 42.8 Å². The summed E-state index contributed by atoms with van der Waals surface area (Å²) < 4.78 is 40.0. The molecule has 42 heavy (non-hydrogen) atoms. The fourth-order valence-corrected chi connectivity index (χ4v) is 5.38. The van der Waals surface area contributed by atoms with Crippen molar-refractivity contribution in [3.63, 3.8) is 0 Å². The zero-order valence-corrected chi connectivity index (χ0v) is 23.0. The summed E-state index contributed by atoms with van der Waals surface area (Å²) in [5.41, 5.74) is 11.2. The van der Waals surface area contributed by atoms with Gasteiger partial charge in [-0.05, 0) is 35.4 Å². The van der Waals surface area contributed by atoms with Crippen LogP contribution in [0.5, 0.6) is 0 Å².